The molecule has 5 nitrogen and oxygen atoms in total. The van der Waals surface area contributed by atoms with Gasteiger partial charge in [0.1, 0.15) is 6.04 Å². The minimum Gasteiger partial charge on any atom is -0.480 e. The van der Waals surface area contributed by atoms with Gasteiger partial charge in [-0.25, -0.2) is 4.79 Å². The molecule has 3 rings (SSSR count). The molecule has 1 aliphatic heterocycles. The van der Waals surface area contributed by atoms with E-state index in [0.717, 1.165) is 11.3 Å². The zero-order chi connectivity index (χ0) is 16.3. The summed E-state index contributed by atoms with van der Waals surface area (Å²) in [4.78, 5) is 38.5. The number of carbonyl (C=O) groups is 3. The molecule has 0 radical (unpaired) electrons. The normalized spacial score (nSPS) is 41.4. The van der Waals surface area contributed by atoms with Crippen molar-refractivity contribution in [3.8, 4) is 0 Å². The average Bonchev–Trinajstić information content (AvgIpc) is 3.02. The third kappa shape index (κ3) is 2.19. The molecule has 7 atom stereocenters. The van der Waals surface area contributed by atoms with Crippen LogP contribution in [0.5, 0.6) is 0 Å². The van der Waals surface area contributed by atoms with Crippen LogP contribution in [0.15, 0.2) is 0 Å². The third-order valence-electron chi connectivity index (χ3n) is 5.31. The van der Waals surface area contributed by atoms with Crippen LogP contribution in [0, 0.1) is 29.6 Å². The molecular formula is C15H19Br2NO4. The van der Waals surface area contributed by atoms with Crippen LogP contribution in [-0.2, 0) is 14.4 Å². The van der Waals surface area contributed by atoms with E-state index in [9.17, 15) is 19.5 Å². The van der Waals surface area contributed by atoms with Gasteiger partial charge in [0, 0.05) is 9.65 Å². The Morgan fingerprint density at radius 3 is 2.00 bits per heavy atom. The smallest absolute Gasteiger partial charge is 0.326 e. The van der Waals surface area contributed by atoms with E-state index in [1.54, 1.807) is 0 Å². The number of hydrogen-bond donors (Lipinski definition) is 1. The van der Waals surface area contributed by atoms with E-state index >= 15 is 0 Å². The summed E-state index contributed by atoms with van der Waals surface area (Å²) in [5.41, 5.74) is 0. The molecule has 22 heavy (non-hydrogen) atoms. The Kier molecular flexibility index (Phi) is 4.17. The van der Waals surface area contributed by atoms with Crippen molar-refractivity contribution in [1.82, 2.24) is 4.90 Å². The van der Waals surface area contributed by atoms with E-state index in [-0.39, 0.29) is 51.1 Å². The molecule has 2 aliphatic carbocycles. The van der Waals surface area contributed by atoms with Gasteiger partial charge in [0.15, 0.2) is 0 Å². The second kappa shape index (κ2) is 5.58. The molecule has 122 valence electrons. The maximum Gasteiger partial charge on any atom is 0.326 e. The lowest BCUT2D eigenvalue weighted by Crippen LogP contribution is -2.47. The maximum atomic E-state index is 12.8. The summed E-state index contributed by atoms with van der Waals surface area (Å²) in [5.74, 6) is -1.99. The van der Waals surface area contributed by atoms with Crippen molar-refractivity contribution in [1.29, 1.82) is 0 Å². The summed E-state index contributed by atoms with van der Waals surface area (Å²) in [7, 11) is 0. The highest BCUT2D eigenvalue weighted by atomic mass is 79.9. The number of carbonyl (C=O) groups excluding carboxylic acids is 2. The fraction of sp³-hybridized carbons (Fsp3) is 0.800. The van der Waals surface area contributed by atoms with Gasteiger partial charge >= 0.3 is 5.97 Å². The van der Waals surface area contributed by atoms with Crippen molar-refractivity contribution >= 4 is 49.6 Å². The summed E-state index contributed by atoms with van der Waals surface area (Å²) < 4.78 is 0. The molecular weight excluding hydrogens is 418 g/mol. The molecule has 0 aromatic carbocycles. The molecule has 1 saturated heterocycles. The van der Waals surface area contributed by atoms with E-state index in [2.05, 4.69) is 31.9 Å². The van der Waals surface area contributed by atoms with Crippen LogP contribution in [0.1, 0.15) is 26.7 Å². The molecule has 0 unspecified atom stereocenters. The number of carboxylic acid groups (broad SMARTS) is 1. The van der Waals surface area contributed by atoms with E-state index in [4.69, 9.17) is 0 Å². The Labute approximate surface area is 146 Å². The Balaban J connectivity index is 1.92. The van der Waals surface area contributed by atoms with Crippen LogP contribution in [0.4, 0.5) is 0 Å². The number of hydrogen-bond acceptors (Lipinski definition) is 3. The van der Waals surface area contributed by atoms with E-state index in [0.29, 0.717) is 6.42 Å². The topological polar surface area (TPSA) is 74.7 Å². The first-order valence-corrected chi connectivity index (χ1v) is 9.46. The van der Waals surface area contributed by atoms with E-state index in [1.165, 1.54) is 0 Å². The van der Waals surface area contributed by atoms with Gasteiger partial charge in [0.05, 0.1) is 11.8 Å². The molecule has 2 bridgehead atoms. The molecule has 0 aromatic rings. The first kappa shape index (κ1) is 16.4. The number of carboxylic acids is 1. The van der Waals surface area contributed by atoms with Gasteiger partial charge in [0.25, 0.3) is 0 Å². The van der Waals surface area contributed by atoms with Gasteiger partial charge in [-0.05, 0) is 30.6 Å². The van der Waals surface area contributed by atoms with Gasteiger partial charge in [-0.3, -0.25) is 14.5 Å². The molecule has 0 aromatic heterocycles. The number of alkyl halides is 2. The molecule has 1 heterocycles. The van der Waals surface area contributed by atoms with Crippen LogP contribution in [0.2, 0.25) is 0 Å². The van der Waals surface area contributed by atoms with E-state index in [1.807, 2.05) is 13.8 Å². The summed E-state index contributed by atoms with van der Waals surface area (Å²) in [6.45, 7) is 3.79. The molecule has 2 amide bonds. The maximum absolute atomic E-state index is 12.8. The highest BCUT2D eigenvalue weighted by Gasteiger charge is 2.67. The molecule has 3 fully saturated rings. The number of aliphatic carboxylic acids is 1. The molecule has 3 aliphatic rings. The number of fused-ring (bicyclic) bond motifs is 5. The van der Waals surface area contributed by atoms with E-state index < -0.39 is 12.0 Å². The zero-order valence-electron chi connectivity index (χ0n) is 12.4. The predicted octanol–water partition coefficient (Wildman–Crippen LogP) is 2.26. The van der Waals surface area contributed by atoms with Gasteiger partial charge in [-0.1, -0.05) is 45.7 Å². The number of halogens is 2. The quantitative estimate of drug-likeness (QED) is 0.541. The Morgan fingerprint density at radius 1 is 1.18 bits per heavy atom. The molecule has 0 spiro atoms. The Bertz CT molecular complexity index is 506. The number of likely N-dealkylation sites (tertiary alicyclic amines) is 1. The summed E-state index contributed by atoms with van der Waals surface area (Å²) in [5, 5.41) is 9.47. The van der Waals surface area contributed by atoms with Crippen LogP contribution < -0.4 is 0 Å². The van der Waals surface area contributed by atoms with Crippen molar-refractivity contribution in [2.75, 3.05) is 0 Å². The van der Waals surface area contributed by atoms with Gasteiger partial charge in [-0.15, -0.1) is 0 Å². The third-order valence-corrected chi connectivity index (χ3v) is 8.52. The highest BCUT2D eigenvalue weighted by molar-refractivity contribution is 9.12. The van der Waals surface area contributed by atoms with Crippen molar-refractivity contribution in [2.45, 2.75) is 42.4 Å². The number of imide groups is 1. The van der Waals surface area contributed by atoms with Crippen LogP contribution in [-0.4, -0.2) is 43.5 Å². The zero-order valence-corrected chi connectivity index (χ0v) is 15.6. The summed E-state index contributed by atoms with van der Waals surface area (Å²) in [6, 6.07) is -1.03. The van der Waals surface area contributed by atoms with Crippen LogP contribution in [0.25, 0.3) is 0 Å². The molecule has 7 heteroatoms. The Hall–Kier alpha value is -0.430. The lowest BCUT2D eigenvalue weighted by molar-refractivity contribution is -0.156. The number of nitrogens with zero attached hydrogens (tertiary/aromatic N) is 1. The van der Waals surface area contributed by atoms with Crippen molar-refractivity contribution in [3.63, 3.8) is 0 Å². The average molecular weight is 437 g/mol. The second-order valence-electron chi connectivity index (χ2n) is 7.03. The summed E-state index contributed by atoms with van der Waals surface area (Å²) >= 11 is 7.25. The fourth-order valence-electron chi connectivity index (χ4n) is 4.44. The number of rotatable bonds is 4. The summed E-state index contributed by atoms with van der Waals surface area (Å²) in [6.07, 6.45) is 1.16. The first-order valence-electron chi connectivity index (χ1n) is 7.63. The van der Waals surface area contributed by atoms with Gasteiger partial charge in [0.2, 0.25) is 11.8 Å². The second-order valence-corrected chi connectivity index (χ2v) is 9.15. The standard InChI is InChI=1S/C15H19Br2NO4/c1-5(2)3-8(15(21)22)18-13(19)9-6-4-7(10(9)14(18)20)12(17)11(6)16/h5-12H,3-4H2,1-2H3,(H,21,22)/t6-,7+,8-,9+,10-,11-,12+/m1/s1. The molecule has 1 N–H and O–H groups in total. The van der Waals surface area contributed by atoms with Crippen LogP contribution in [0.3, 0.4) is 0 Å². The highest BCUT2D eigenvalue weighted by Crippen LogP contribution is 2.60. The van der Waals surface area contributed by atoms with Gasteiger partial charge in [-0.2, -0.15) is 0 Å². The van der Waals surface area contributed by atoms with Crippen molar-refractivity contribution < 1.29 is 19.5 Å². The number of amides is 2. The Morgan fingerprint density at radius 2 is 1.64 bits per heavy atom. The van der Waals surface area contributed by atoms with Gasteiger partial charge < -0.3 is 5.11 Å². The van der Waals surface area contributed by atoms with Crippen LogP contribution >= 0.6 is 31.9 Å². The predicted molar refractivity (Wildman–Crippen MR) is 86.7 cm³/mol. The first-order chi connectivity index (χ1) is 10.3. The minimum atomic E-state index is -1.09. The van der Waals surface area contributed by atoms with Crippen molar-refractivity contribution in [2.24, 2.45) is 29.6 Å². The van der Waals surface area contributed by atoms with Crippen molar-refractivity contribution in [3.05, 3.63) is 0 Å². The molecule has 2 saturated carbocycles. The fourth-order valence-corrected chi connectivity index (χ4v) is 6.32. The lowest BCUT2D eigenvalue weighted by atomic mass is 9.81. The minimum absolute atomic E-state index is 0.103. The lowest BCUT2D eigenvalue weighted by Gasteiger charge is -2.28. The monoisotopic (exact) mass is 435 g/mol. The largest absolute Gasteiger partial charge is 0.480 e. The SMILES string of the molecule is CC(C)C[C@H](C(=O)O)N1C(=O)[C@@H]2[C@@H]3C[C@@H]([C@@H](Br)[C@H]3Br)[C@@H]2C1=O.